The number of hydrazone groups is 1. The van der Waals surface area contributed by atoms with Crippen LogP contribution in [0.5, 0.6) is 5.75 Å². The monoisotopic (exact) mass is 351 g/mol. The smallest absolute Gasteiger partial charge is 0.262 e. The highest BCUT2D eigenvalue weighted by Crippen LogP contribution is 2.15. The maximum Gasteiger partial charge on any atom is 0.262 e. The van der Waals surface area contributed by atoms with Crippen molar-refractivity contribution in [3.05, 3.63) is 60.2 Å². The van der Waals surface area contributed by atoms with Crippen LogP contribution in [0.2, 0.25) is 0 Å². The van der Waals surface area contributed by atoms with E-state index in [4.69, 9.17) is 9.84 Å². The van der Waals surface area contributed by atoms with Crippen molar-refractivity contribution in [2.45, 2.75) is 26.2 Å². The van der Waals surface area contributed by atoms with E-state index in [0.29, 0.717) is 5.75 Å². The molecule has 1 aliphatic heterocycles. The number of carbonyl (C=O) groups excluding carboxylic acids is 1. The summed E-state index contributed by atoms with van der Waals surface area (Å²) >= 11 is 0. The second-order valence-electron chi connectivity index (χ2n) is 6.43. The average molecular weight is 351 g/mol. The van der Waals surface area contributed by atoms with Crippen LogP contribution < -0.4 is 10.1 Å². The number of carbonyl (C=O) groups is 1. The molecule has 3 rings (SSSR count). The minimum atomic E-state index is -0.178. The first kappa shape index (κ1) is 18.0. The Morgan fingerprint density at radius 3 is 2.42 bits per heavy atom. The fourth-order valence-electron chi connectivity index (χ4n) is 2.91. The molecule has 2 aromatic carbocycles. The zero-order valence-electron chi connectivity index (χ0n) is 15.1. The first-order valence-corrected chi connectivity index (χ1v) is 9.09. The van der Waals surface area contributed by atoms with Crippen molar-refractivity contribution in [1.29, 1.82) is 0 Å². The number of nitrogens with one attached hydrogen (secondary N) is 1. The number of piperidine rings is 1. The van der Waals surface area contributed by atoms with Crippen molar-refractivity contribution in [2.24, 2.45) is 5.10 Å². The van der Waals surface area contributed by atoms with E-state index in [1.165, 1.54) is 19.3 Å². The fourth-order valence-corrected chi connectivity index (χ4v) is 2.91. The van der Waals surface area contributed by atoms with E-state index >= 15 is 0 Å². The lowest BCUT2D eigenvalue weighted by Gasteiger charge is -2.24. The summed E-state index contributed by atoms with van der Waals surface area (Å²) in [6.07, 6.45) is 3.73. The molecule has 26 heavy (non-hydrogen) atoms. The van der Waals surface area contributed by atoms with Crippen LogP contribution in [0.1, 0.15) is 31.7 Å². The van der Waals surface area contributed by atoms with Gasteiger partial charge in [-0.05, 0) is 68.1 Å². The molecule has 136 valence electrons. The van der Waals surface area contributed by atoms with Gasteiger partial charge in [-0.15, -0.1) is 0 Å². The molecule has 0 aliphatic carbocycles. The molecule has 0 radical (unpaired) electrons. The summed E-state index contributed by atoms with van der Waals surface area (Å²) in [5.41, 5.74) is 2.83. The third-order valence-corrected chi connectivity index (χ3v) is 4.32. The van der Waals surface area contributed by atoms with Crippen LogP contribution in [-0.4, -0.2) is 36.3 Å². The highest BCUT2D eigenvalue weighted by atomic mass is 16.5. The number of benzene rings is 2. The summed E-state index contributed by atoms with van der Waals surface area (Å²) in [5.74, 6) is 0.492. The Labute approximate surface area is 154 Å². The van der Waals surface area contributed by atoms with Gasteiger partial charge in [-0.3, -0.25) is 9.80 Å². The lowest BCUT2D eigenvalue weighted by Crippen LogP contribution is -2.25. The van der Waals surface area contributed by atoms with Crippen LogP contribution in [-0.2, 0) is 4.79 Å². The normalized spacial score (nSPS) is 14.8. The Bertz CT molecular complexity index is 736. The van der Waals surface area contributed by atoms with E-state index in [-0.39, 0.29) is 12.5 Å². The minimum Gasteiger partial charge on any atom is -0.484 e. The Kier molecular flexibility index (Phi) is 6.25. The van der Waals surface area contributed by atoms with E-state index in [0.717, 1.165) is 30.1 Å². The zero-order chi connectivity index (χ0) is 18.2. The second-order valence-corrected chi connectivity index (χ2v) is 6.43. The maximum absolute atomic E-state index is 11.9. The highest BCUT2D eigenvalue weighted by Gasteiger charge is 2.09. The van der Waals surface area contributed by atoms with Gasteiger partial charge in [-0.1, -0.05) is 18.2 Å². The second kappa shape index (κ2) is 9.04. The van der Waals surface area contributed by atoms with E-state index in [9.17, 15) is 4.79 Å². The molecule has 2 aromatic rings. The standard InChI is InChI=1S/C21H25N3O2/c1-17(23-24-14-6-3-7-15-24)18-10-12-20(13-11-18)26-16-21(25)22-19-8-4-2-5-9-19/h2,4-5,8-13H,3,6-7,14-16H2,1H3,(H,22,25). The lowest BCUT2D eigenvalue weighted by molar-refractivity contribution is -0.118. The molecule has 1 N–H and O–H groups in total. The van der Waals surface area contributed by atoms with E-state index in [1.807, 2.05) is 61.5 Å². The van der Waals surface area contributed by atoms with Crippen LogP contribution >= 0.6 is 0 Å². The van der Waals surface area contributed by atoms with Crippen LogP contribution in [0.25, 0.3) is 0 Å². The van der Waals surface area contributed by atoms with Crippen LogP contribution in [0, 0.1) is 0 Å². The topological polar surface area (TPSA) is 53.9 Å². The number of nitrogens with zero attached hydrogens (tertiary/aromatic N) is 2. The molecule has 5 nitrogen and oxygen atoms in total. The number of para-hydroxylation sites is 1. The fraction of sp³-hybridized carbons (Fsp3) is 0.333. The Morgan fingerprint density at radius 2 is 1.73 bits per heavy atom. The quantitative estimate of drug-likeness (QED) is 0.803. The molecule has 1 amide bonds. The third kappa shape index (κ3) is 5.34. The van der Waals surface area contributed by atoms with E-state index in [2.05, 4.69) is 10.3 Å². The summed E-state index contributed by atoms with van der Waals surface area (Å²) in [5, 5.41) is 9.65. The number of rotatable bonds is 6. The molecule has 1 heterocycles. The largest absolute Gasteiger partial charge is 0.484 e. The van der Waals surface area contributed by atoms with Crippen molar-refractivity contribution in [3.8, 4) is 5.75 Å². The van der Waals surface area contributed by atoms with Crippen molar-refractivity contribution in [3.63, 3.8) is 0 Å². The third-order valence-electron chi connectivity index (χ3n) is 4.32. The first-order chi connectivity index (χ1) is 12.7. The highest BCUT2D eigenvalue weighted by molar-refractivity contribution is 5.98. The summed E-state index contributed by atoms with van der Waals surface area (Å²) < 4.78 is 5.56. The molecule has 5 heteroatoms. The van der Waals surface area contributed by atoms with Crippen molar-refractivity contribution < 1.29 is 9.53 Å². The van der Waals surface area contributed by atoms with Gasteiger partial charge in [-0.2, -0.15) is 5.10 Å². The van der Waals surface area contributed by atoms with Crippen molar-refractivity contribution in [2.75, 3.05) is 25.0 Å². The van der Waals surface area contributed by atoms with Gasteiger partial charge >= 0.3 is 0 Å². The van der Waals surface area contributed by atoms with E-state index in [1.54, 1.807) is 0 Å². The van der Waals surface area contributed by atoms with Gasteiger partial charge in [0.2, 0.25) is 0 Å². The van der Waals surface area contributed by atoms with Gasteiger partial charge < -0.3 is 10.1 Å². The van der Waals surface area contributed by atoms with Crippen LogP contribution in [0.3, 0.4) is 0 Å². The minimum absolute atomic E-state index is 0.0188. The summed E-state index contributed by atoms with van der Waals surface area (Å²) in [7, 11) is 0. The van der Waals surface area contributed by atoms with Crippen molar-refractivity contribution >= 4 is 17.3 Å². The molecule has 0 bridgehead atoms. The summed E-state index contributed by atoms with van der Waals surface area (Å²) in [6.45, 7) is 4.08. The van der Waals surface area contributed by atoms with Gasteiger partial charge in [-0.25, -0.2) is 0 Å². The SMILES string of the molecule is CC(=NN1CCCCC1)c1ccc(OCC(=O)Nc2ccccc2)cc1. The number of amides is 1. The molecule has 1 saturated heterocycles. The summed E-state index contributed by atoms with van der Waals surface area (Å²) in [6, 6.07) is 17.1. The zero-order valence-corrected chi connectivity index (χ0v) is 15.1. The predicted octanol–water partition coefficient (Wildman–Crippen LogP) is 3.91. The Hall–Kier alpha value is -2.82. The number of hydrogen-bond donors (Lipinski definition) is 1. The molecule has 1 fully saturated rings. The number of ether oxygens (including phenoxy) is 1. The van der Waals surface area contributed by atoms with Gasteiger partial charge in [0, 0.05) is 18.8 Å². The van der Waals surface area contributed by atoms with E-state index < -0.39 is 0 Å². The average Bonchev–Trinajstić information content (AvgIpc) is 2.68. The van der Waals surface area contributed by atoms with Gasteiger partial charge in [0.05, 0.1) is 5.71 Å². The first-order valence-electron chi connectivity index (χ1n) is 9.09. The Morgan fingerprint density at radius 1 is 1.04 bits per heavy atom. The molecule has 0 unspecified atom stereocenters. The van der Waals surface area contributed by atoms with Gasteiger partial charge in [0.25, 0.3) is 5.91 Å². The Balaban J connectivity index is 1.51. The summed E-state index contributed by atoms with van der Waals surface area (Å²) in [4.78, 5) is 11.9. The molecule has 0 spiro atoms. The lowest BCUT2D eigenvalue weighted by atomic mass is 10.1. The number of anilines is 1. The molecule has 1 aliphatic rings. The predicted molar refractivity (Wildman–Crippen MR) is 105 cm³/mol. The van der Waals surface area contributed by atoms with Crippen molar-refractivity contribution in [1.82, 2.24) is 5.01 Å². The molecule has 0 atom stereocenters. The number of hydrogen-bond acceptors (Lipinski definition) is 4. The molecule has 0 aromatic heterocycles. The van der Waals surface area contributed by atoms with Gasteiger partial charge in [0.15, 0.2) is 6.61 Å². The molecular weight excluding hydrogens is 326 g/mol. The molecular formula is C21H25N3O2. The van der Waals surface area contributed by atoms with Crippen LogP contribution in [0.4, 0.5) is 5.69 Å². The van der Waals surface area contributed by atoms with Gasteiger partial charge in [0.1, 0.15) is 5.75 Å². The van der Waals surface area contributed by atoms with Crippen LogP contribution in [0.15, 0.2) is 59.7 Å². The molecule has 0 saturated carbocycles. The maximum atomic E-state index is 11.9.